The van der Waals surface area contributed by atoms with Gasteiger partial charge in [0.15, 0.2) is 0 Å². The Balaban J connectivity index is 1.49. The van der Waals surface area contributed by atoms with Crippen molar-refractivity contribution >= 4 is 33.3 Å². The zero-order chi connectivity index (χ0) is 22.2. The van der Waals surface area contributed by atoms with Crippen molar-refractivity contribution in [2.24, 2.45) is 0 Å². The van der Waals surface area contributed by atoms with Gasteiger partial charge in [0.2, 0.25) is 5.13 Å². The molecule has 1 aliphatic carbocycles. The van der Waals surface area contributed by atoms with E-state index in [2.05, 4.69) is 22.5 Å². The van der Waals surface area contributed by atoms with E-state index in [9.17, 15) is 4.79 Å². The van der Waals surface area contributed by atoms with Crippen molar-refractivity contribution in [3.63, 3.8) is 0 Å². The van der Waals surface area contributed by atoms with Crippen LogP contribution in [-0.4, -0.2) is 34.9 Å². The van der Waals surface area contributed by atoms with E-state index in [0.29, 0.717) is 22.9 Å². The molecule has 0 spiro atoms. The number of fused-ring (bicyclic) bond motifs is 2. The van der Waals surface area contributed by atoms with Gasteiger partial charge in [-0.05, 0) is 68.0 Å². The summed E-state index contributed by atoms with van der Waals surface area (Å²) >= 11 is 1.58. The van der Waals surface area contributed by atoms with E-state index in [1.807, 2.05) is 13.0 Å². The molecule has 0 saturated carbocycles. The first kappa shape index (κ1) is 20.5. The van der Waals surface area contributed by atoms with E-state index in [4.69, 9.17) is 14.5 Å². The SMILES string of the molecule is COc1cc(OC)cc(C(=O)Nc2cc(C)nn2-c2nc3cc4c(cc3s2)CCCC4)c1. The Morgan fingerprint density at radius 1 is 1.00 bits per heavy atom. The normalized spacial score (nSPS) is 13.1. The van der Waals surface area contributed by atoms with Crippen molar-refractivity contribution in [1.29, 1.82) is 0 Å². The number of methoxy groups -OCH3 is 2. The number of carbonyl (C=O) groups is 1. The average Bonchev–Trinajstić information content (AvgIpc) is 3.39. The fraction of sp³-hybridized carbons (Fsp3) is 0.292. The molecular formula is C24H24N4O3S. The van der Waals surface area contributed by atoms with Crippen LogP contribution < -0.4 is 14.8 Å². The van der Waals surface area contributed by atoms with Gasteiger partial charge in [-0.3, -0.25) is 4.79 Å². The maximum Gasteiger partial charge on any atom is 0.257 e. The molecule has 2 heterocycles. The Bertz CT molecular complexity index is 1260. The zero-order valence-corrected chi connectivity index (χ0v) is 19.1. The minimum Gasteiger partial charge on any atom is -0.497 e. The van der Waals surface area contributed by atoms with Crippen LogP contribution in [0.2, 0.25) is 0 Å². The van der Waals surface area contributed by atoms with E-state index in [1.165, 1.54) is 24.0 Å². The second kappa shape index (κ2) is 8.27. The number of carbonyl (C=O) groups excluding carboxylic acids is 1. The lowest BCUT2D eigenvalue weighted by Crippen LogP contribution is -2.15. The number of nitrogens with one attached hydrogen (secondary N) is 1. The largest absolute Gasteiger partial charge is 0.497 e. The highest BCUT2D eigenvalue weighted by Gasteiger charge is 2.18. The fourth-order valence-electron chi connectivity index (χ4n) is 4.10. The standard InChI is InChI=1S/C24H24N4O3S/c1-14-8-22(26-23(29)17-9-18(30-2)13-19(10-17)31-3)28(27-14)24-25-20-11-15-6-4-5-7-16(15)12-21(20)32-24/h8-13H,4-7H2,1-3H3,(H,26,29). The maximum absolute atomic E-state index is 13.0. The lowest BCUT2D eigenvalue weighted by atomic mass is 9.92. The van der Waals surface area contributed by atoms with Gasteiger partial charge in [0.25, 0.3) is 5.91 Å². The van der Waals surface area contributed by atoms with Gasteiger partial charge < -0.3 is 14.8 Å². The summed E-state index contributed by atoms with van der Waals surface area (Å²) in [5.41, 5.74) is 5.04. The molecule has 32 heavy (non-hydrogen) atoms. The van der Waals surface area contributed by atoms with Gasteiger partial charge in [-0.2, -0.15) is 9.78 Å². The molecule has 164 valence electrons. The Kier molecular flexibility index (Phi) is 5.30. The molecule has 8 heteroatoms. The molecule has 0 atom stereocenters. The van der Waals surface area contributed by atoms with Crippen molar-refractivity contribution in [3.05, 3.63) is 58.8 Å². The highest BCUT2D eigenvalue weighted by Crippen LogP contribution is 2.32. The van der Waals surface area contributed by atoms with Gasteiger partial charge in [-0.1, -0.05) is 11.3 Å². The van der Waals surface area contributed by atoms with Crippen LogP contribution in [0.25, 0.3) is 15.3 Å². The number of ether oxygens (including phenoxy) is 2. The molecule has 4 aromatic rings. The van der Waals surface area contributed by atoms with Gasteiger partial charge in [0.05, 0.1) is 30.1 Å². The molecule has 2 aromatic heterocycles. The first-order valence-electron chi connectivity index (χ1n) is 10.6. The lowest BCUT2D eigenvalue weighted by molar-refractivity contribution is 0.102. The molecule has 7 nitrogen and oxygen atoms in total. The van der Waals surface area contributed by atoms with Crippen LogP contribution in [0.15, 0.2) is 36.4 Å². The van der Waals surface area contributed by atoms with Gasteiger partial charge in [-0.25, -0.2) is 4.98 Å². The van der Waals surface area contributed by atoms with Gasteiger partial charge in [0, 0.05) is 17.7 Å². The van der Waals surface area contributed by atoms with Crippen LogP contribution in [0.5, 0.6) is 11.5 Å². The van der Waals surface area contributed by atoms with Gasteiger partial charge >= 0.3 is 0 Å². The summed E-state index contributed by atoms with van der Waals surface area (Å²) in [4.78, 5) is 17.8. The predicted molar refractivity (Wildman–Crippen MR) is 126 cm³/mol. The second-order valence-corrected chi connectivity index (χ2v) is 8.94. The van der Waals surface area contributed by atoms with Crippen molar-refractivity contribution < 1.29 is 14.3 Å². The number of amides is 1. The summed E-state index contributed by atoms with van der Waals surface area (Å²) in [6.45, 7) is 1.90. The first-order chi connectivity index (χ1) is 15.5. The van der Waals surface area contributed by atoms with E-state index in [0.717, 1.165) is 33.9 Å². The summed E-state index contributed by atoms with van der Waals surface area (Å²) in [5, 5.41) is 8.28. The Morgan fingerprint density at radius 2 is 1.69 bits per heavy atom. The summed E-state index contributed by atoms with van der Waals surface area (Å²) in [6.07, 6.45) is 4.72. The molecule has 2 aromatic carbocycles. The van der Waals surface area contributed by atoms with Crippen molar-refractivity contribution in [1.82, 2.24) is 14.8 Å². The van der Waals surface area contributed by atoms with Crippen LogP contribution in [-0.2, 0) is 12.8 Å². The van der Waals surface area contributed by atoms with Crippen LogP contribution in [0.1, 0.15) is 40.0 Å². The third-order valence-corrected chi connectivity index (χ3v) is 6.70. The quantitative estimate of drug-likeness (QED) is 0.468. The molecule has 0 fully saturated rings. The van der Waals surface area contributed by atoms with E-state index in [1.54, 1.807) is 48.4 Å². The molecule has 0 aliphatic heterocycles. The zero-order valence-electron chi connectivity index (χ0n) is 18.3. The lowest BCUT2D eigenvalue weighted by Gasteiger charge is -2.14. The summed E-state index contributed by atoms with van der Waals surface area (Å²) in [7, 11) is 3.11. The van der Waals surface area contributed by atoms with Crippen molar-refractivity contribution in [2.45, 2.75) is 32.6 Å². The van der Waals surface area contributed by atoms with Crippen LogP contribution >= 0.6 is 11.3 Å². The van der Waals surface area contributed by atoms with Crippen molar-refractivity contribution in [2.75, 3.05) is 19.5 Å². The average molecular weight is 449 g/mol. The molecule has 5 rings (SSSR count). The number of hydrogen-bond donors (Lipinski definition) is 1. The second-order valence-electron chi connectivity index (χ2n) is 7.93. The molecule has 0 radical (unpaired) electrons. The van der Waals surface area contributed by atoms with Crippen LogP contribution in [0.4, 0.5) is 5.82 Å². The fourth-order valence-corrected chi connectivity index (χ4v) is 5.07. The number of nitrogens with zero attached hydrogens (tertiary/aromatic N) is 3. The summed E-state index contributed by atoms with van der Waals surface area (Å²) in [6, 6.07) is 11.4. The van der Waals surface area contributed by atoms with Crippen LogP contribution in [0, 0.1) is 6.92 Å². The summed E-state index contributed by atoms with van der Waals surface area (Å²) in [5.74, 6) is 1.39. The summed E-state index contributed by atoms with van der Waals surface area (Å²) < 4.78 is 13.4. The number of thiazole rings is 1. The number of rotatable bonds is 5. The van der Waals surface area contributed by atoms with Crippen LogP contribution in [0.3, 0.4) is 0 Å². The number of aryl methyl sites for hydroxylation is 3. The number of hydrogen-bond acceptors (Lipinski definition) is 6. The molecule has 1 N–H and O–H groups in total. The number of anilines is 1. The third-order valence-electron chi connectivity index (χ3n) is 5.71. The van der Waals surface area contributed by atoms with E-state index >= 15 is 0 Å². The Labute approximate surface area is 190 Å². The highest BCUT2D eigenvalue weighted by molar-refractivity contribution is 7.20. The molecular weight excluding hydrogens is 424 g/mol. The Hall–Kier alpha value is -3.39. The smallest absolute Gasteiger partial charge is 0.257 e. The highest BCUT2D eigenvalue weighted by atomic mass is 32.1. The number of aromatic nitrogens is 3. The number of benzene rings is 2. The molecule has 0 saturated heterocycles. The molecule has 1 amide bonds. The van der Waals surface area contributed by atoms with Gasteiger partial charge in [-0.15, -0.1) is 0 Å². The topological polar surface area (TPSA) is 78.3 Å². The predicted octanol–water partition coefficient (Wildman–Crippen LogP) is 4.94. The Morgan fingerprint density at radius 3 is 2.38 bits per heavy atom. The molecule has 0 unspecified atom stereocenters. The monoisotopic (exact) mass is 448 g/mol. The maximum atomic E-state index is 13.0. The van der Waals surface area contributed by atoms with E-state index < -0.39 is 0 Å². The minimum atomic E-state index is -0.278. The molecule has 1 aliphatic rings. The van der Waals surface area contributed by atoms with E-state index in [-0.39, 0.29) is 5.91 Å². The third kappa shape index (κ3) is 3.82. The molecule has 0 bridgehead atoms. The minimum absolute atomic E-state index is 0.278. The van der Waals surface area contributed by atoms with Gasteiger partial charge in [0.1, 0.15) is 17.3 Å². The van der Waals surface area contributed by atoms with Crippen molar-refractivity contribution in [3.8, 4) is 16.6 Å². The first-order valence-corrected chi connectivity index (χ1v) is 11.4.